The van der Waals surface area contributed by atoms with Crippen LogP contribution in [-0.2, 0) is 4.79 Å². The first-order valence-electron chi connectivity index (χ1n) is 4.59. The van der Waals surface area contributed by atoms with Crippen molar-refractivity contribution < 1.29 is 18.4 Å². The minimum absolute atomic E-state index is 0.190. The van der Waals surface area contributed by atoms with Crippen LogP contribution in [0.5, 0.6) is 0 Å². The number of carbonyl (C=O) groups is 2. The fourth-order valence-electron chi connectivity index (χ4n) is 1.10. The summed E-state index contributed by atoms with van der Waals surface area (Å²) >= 11 is 2.89. The molecule has 0 atom stereocenters. The lowest BCUT2D eigenvalue weighted by atomic mass is 10.2. The summed E-state index contributed by atoms with van der Waals surface area (Å²) in [4.78, 5) is 22.3. The van der Waals surface area contributed by atoms with E-state index in [-0.39, 0.29) is 11.0 Å². The van der Waals surface area contributed by atoms with Crippen molar-refractivity contribution in [3.05, 3.63) is 33.8 Å². The van der Waals surface area contributed by atoms with Gasteiger partial charge in [-0.3, -0.25) is 9.59 Å². The van der Waals surface area contributed by atoms with Gasteiger partial charge in [0.25, 0.3) is 5.91 Å². The van der Waals surface area contributed by atoms with Crippen molar-refractivity contribution in [2.45, 2.75) is 0 Å². The fraction of sp³-hybridized carbons (Fsp3) is 0.200. The lowest BCUT2D eigenvalue weighted by molar-refractivity contribution is -0.119. The van der Waals surface area contributed by atoms with Crippen molar-refractivity contribution in [1.82, 2.24) is 10.6 Å². The van der Waals surface area contributed by atoms with Gasteiger partial charge in [-0.15, -0.1) is 0 Å². The quantitative estimate of drug-likeness (QED) is 0.882. The molecule has 17 heavy (non-hydrogen) atoms. The van der Waals surface area contributed by atoms with Crippen molar-refractivity contribution in [3.63, 3.8) is 0 Å². The summed E-state index contributed by atoms with van der Waals surface area (Å²) in [7, 11) is 1.38. The molecule has 0 heterocycles. The monoisotopic (exact) mass is 306 g/mol. The molecule has 0 aliphatic heterocycles. The number of rotatable bonds is 3. The minimum atomic E-state index is -0.994. The highest BCUT2D eigenvalue weighted by Crippen LogP contribution is 2.19. The second kappa shape index (κ2) is 5.72. The molecule has 7 heteroatoms. The number of amides is 2. The largest absolute Gasteiger partial charge is 0.358 e. The molecule has 0 radical (unpaired) electrons. The number of carbonyl (C=O) groups excluding carboxylic acids is 2. The Hall–Kier alpha value is -1.50. The van der Waals surface area contributed by atoms with E-state index < -0.39 is 29.0 Å². The Morgan fingerprint density at radius 2 is 1.82 bits per heavy atom. The average molecular weight is 307 g/mol. The van der Waals surface area contributed by atoms with E-state index >= 15 is 0 Å². The summed E-state index contributed by atoms with van der Waals surface area (Å²) in [5.74, 6) is -3.43. The van der Waals surface area contributed by atoms with Crippen LogP contribution >= 0.6 is 15.9 Å². The van der Waals surface area contributed by atoms with Gasteiger partial charge in [-0.25, -0.2) is 8.78 Å². The first-order valence-corrected chi connectivity index (χ1v) is 5.38. The summed E-state index contributed by atoms with van der Waals surface area (Å²) in [6.07, 6.45) is 0. The van der Waals surface area contributed by atoms with E-state index in [2.05, 4.69) is 26.6 Å². The molecule has 92 valence electrons. The molecule has 1 rings (SSSR count). The maximum absolute atomic E-state index is 13.3. The van der Waals surface area contributed by atoms with Crippen molar-refractivity contribution >= 4 is 27.7 Å². The minimum Gasteiger partial charge on any atom is -0.358 e. The van der Waals surface area contributed by atoms with Crippen LogP contribution < -0.4 is 10.6 Å². The van der Waals surface area contributed by atoms with E-state index in [1.54, 1.807) is 0 Å². The van der Waals surface area contributed by atoms with Crippen LogP contribution in [-0.4, -0.2) is 25.4 Å². The molecule has 0 bridgehead atoms. The summed E-state index contributed by atoms with van der Waals surface area (Å²) in [5, 5.41) is 4.37. The number of benzene rings is 1. The molecule has 0 saturated carbocycles. The molecule has 2 amide bonds. The SMILES string of the molecule is CNC(=O)CNC(=O)c1c(F)cc(Br)cc1F. The Bertz CT molecular complexity index is 443. The molecule has 0 aliphatic carbocycles. The second-order valence-corrected chi connectivity index (χ2v) is 4.02. The average Bonchev–Trinajstić information content (AvgIpc) is 2.24. The zero-order valence-electron chi connectivity index (χ0n) is 8.81. The van der Waals surface area contributed by atoms with Crippen LogP contribution in [0.15, 0.2) is 16.6 Å². The lowest BCUT2D eigenvalue weighted by Gasteiger charge is -2.06. The first-order chi connectivity index (χ1) is 7.95. The summed E-state index contributed by atoms with van der Waals surface area (Å²) in [5.41, 5.74) is -0.711. The van der Waals surface area contributed by atoms with Crippen molar-refractivity contribution in [1.29, 1.82) is 0 Å². The van der Waals surface area contributed by atoms with E-state index in [0.29, 0.717) is 0 Å². The van der Waals surface area contributed by atoms with Crippen LogP contribution in [0.1, 0.15) is 10.4 Å². The van der Waals surface area contributed by atoms with Gasteiger partial charge >= 0.3 is 0 Å². The smallest absolute Gasteiger partial charge is 0.257 e. The normalized spacial score (nSPS) is 9.88. The number of nitrogens with one attached hydrogen (secondary N) is 2. The van der Waals surface area contributed by atoms with Gasteiger partial charge in [-0.1, -0.05) is 15.9 Å². The third kappa shape index (κ3) is 3.48. The lowest BCUT2D eigenvalue weighted by Crippen LogP contribution is -2.35. The van der Waals surface area contributed by atoms with Crippen LogP contribution in [0.25, 0.3) is 0 Å². The van der Waals surface area contributed by atoms with Gasteiger partial charge < -0.3 is 10.6 Å². The van der Waals surface area contributed by atoms with Crippen LogP contribution in [0, 0.1) is 11.6 Å². The zero-order valence-corrected chi connectivity index (χ0v) is 10.4. The molecule has 0 aromatic heterocycles. The highest BCUT2D eigenvalue weighted by atomic mass is 79.9. The number of hydrogen-bond donors (Lipinski definition) is 2. The second-order valence-electron chi connectivity index (χ2n) is 3.10. The molecule has 0 fully saturated rings. The molecule has 1 aromatic carbocycles. The van der Waals surface area contributed by atoms with Crippen LogP contribution in [0.4, 0.5) is 8.78 Å². The van der Waals surface area contributed by atoms with E-state index in [1.165, 1.54) is 7.05 Å². The highest BCUT2D eigenvalue weighted by molar-refractivity contribution is 9.10. The van der Waals surface area contributed by atoms with E-state index in [4.69, 9.17) is 0 Å². The molecular weight excluding hydrogens is 298 g/mol. The number of hydrogen-bond acceptors (Lipinski definition) is 2. The van der Waals surface area contributed by atoms with E-state index in [9.17, 15) is 18.4 Å². The van der Waals surface area contributed by atoms with Crippen molar-refractivity contribution in [2.75, 3.05) is 13.6 Å². The molecular formula is C10H9BrF2N2O2. The molecule has 0 aliphatic rings. The van der Waals surface area contributed by atoms with Gasteiger partial charge in [0.05, 0.1) is 6.54 Å². The van der Waals surface area contributed by atoms with Crippen molar-refractivity contribution in [2.24, 2.45) is 0 Å². The Labute approximate surface area is 105 Å². The Morgan fingerprint density at radius 1 is 1.29 bits per heavy atom. The number of likely N-dealkylation sites (N-methyl/N-ethyl adjacent to an activating group) is 1. The maximum Gasteiger partial charge on any atom is 0.257 e. The van der Waals surface area contributed by atoms with Gasteiger partial charge in [0, 0.05) is 11.5 Å². The Morgan fingerprint density at radius 3 is 2.29 bits per heavy atom. The van der Waals surface area contributed by atoms with Gasteiger partial charge in [0.2, 0.25) is 5.91 Å². The third-order valence-corrected chi connectivity index (χ3v) is 2.38. The van der Waals surface area contributed by atoms with E-state index in [1.807, 2.05) is 0 Å². The zero-order chi connectivity index (χ0) is 13.0. The van der Waals surface area contributed by atoms with Gasteiger partial charge in [-0.05, 0) is 12.1 Å². The van der Waals surface area contributed by atoms with Gasteiger partial charge in [0.15, 0.2) is 0 Å². The molecule has 0 unspecified atom stereocenters. The molecule has 1 aromatic rings. The third-order valence-electron chi connectivity index (χ3n) is 1.92. The van der Waals surface area contributed by atoms with Crippen LogP contribution in [0.3, 0.4) is 0 Å². The molecule has 0 spiro atoms. The topological polar surface area (TPSA) is 58.2 Å². The molecule has 2 N–H and O–H groups in total. The summed E-state index contributed by atoms with van der Waals surface area (Å²) in [6.45, 7) is -0.343. The van der Waals surface area contributed by atoms with E-state index in [0.717, 1.165) is 12.1 Å². The molecule has 0 saturated heterocycles. The van der Waals surface area contributed by atoms with Crippen LogP contribution in [0.2, 0.25) is 0 Å². The highest BCUT2D eigenvalue weighted by Gasteiger charge is 2.18. The Balaban J connectivity index is 2.86. The van der Waals surface area contributed by atoms with Gasteiger partial charge in [-0.2, -0.15) is 0 Å². The standard InChI is InChI=1S/C10H9BrF2N2O2/c1-14-8(16)4-15-10(17)9-6(12)2-5(11)3-7(9)13/h2-3H,4H2,1H3,(H,14,16)(H,15,17). The van der Waals surface area contributed by atoms with Gasteiger partial charge in [0.1, 0.15) is 17.2 Å². The predicted molar refractivity (Wildman–Crippen MR) is 60.5 cm³/mol. The number of halogens is 3. The molecule has 4 nitrogen and oxygen atoms in total. The van der Waals surface area contributed by atoms with Crippen molar-refractivity contribution in [3.8, 4) is 0 Å². The Kier molecular flexibility index (Phi) is 4.56. The summed E-state index contributed by atoms with van der Waals surface area (Å²) in [6, 6.07) is 1.94. The predicted octanol–water partition coefficient (Wildman–Crippen LogP) is 1.20. The maximum atomic E-state index is 13.3. The summed E-state index contributed by atoms with van der Waals surface area (Å²) < 4.78 is 26.9. The fourth-order valence-corrected chi connectivity index (χ4v) is 1.50. The first kappa shape index (κ1) is 13.6.